The Morgan fingerprint density at radius 1 is 1.20 bits per heavy atom. The highest BCUT2D eigenvalue weighted by atomic mass is 32.2. The zero-order valence-electron chi connectivity index (χ0n) is 15.1. The summed E-state index contributed by atoms with van der Waals surface area (Å²) in [5.74, 6) is 0.0392. The van der Waals surface area contributed by atoms with E-state index in [1.54, 1.807) is 18.6 Å². The molecule has 2 aliphatic heterocycles. The zero-order chi connectivity index (χ0) is 18.0. The molecule has 1 saturated carbocycles. The summed E-state index contributed by atoms with van der Waals surface area (Å²) in [7, 11) is -3.92. The van der Waals surface area contributed by atoms with Crippen LogP contribution in [0.1, 0.15) is 53.0 Å². The summed E-state index contributed by atoms with van der Waals surface area (Å²) >= 11 is 0. The zero-order valence-corrected chi connectivity index (χ0v) is 15.9. The number of rotatable bonds is 3. The number of anilines is 1. The van der Waals surface area contributed by atoms with E-state index in [1.807, 2.05) is 32.4 Å². The predicted molar refractivity (Wildman–Crippen MR) is 95.5 cm³/mol. The molecule has 0 aromatic carbocycles. The minimum atomic E-state index is -3.40. The molecule has 2 fully saturated rings. The summed E-state index contributed by atoms with van der Waals surface area (Å²) in [6.07, 6.45) is 7.67. The molecule has 9 heteroatoms. The van der Waals surface area contributed by atoms with Gasteiger partial charge in [-0.05, 0) is 52.4 Å². The fraction of sp³-hybridized carbons (Fsp3) is 0.688. The molecule has 0 radical (unpaired) electrons. The first-order chi connectivity index (χ1) is 11.6. The number of sulfonamides is 1. The van der Waals surface area contributed by atoms with Crippen LogP contribution < -0.4 is 4.31 Å². The van der Waals surface area contributed by atoms with Crippen LogP contribution in [0.2, 0.25) is 0 Å². The molecule has 1 aromatic rings. The molecule has 1 aromatic heterocycles. The Hall–Kier alpha value is -1.32. The van der Waals surface area contributed by atoms with E-state index < -0.39 is 28.3 Å². The standard InChI is InChI=1S/C16H24BN3O4S/c1-15(2)16(3,4)24-17(23-15)12-7-8-25(21,22)20(10-12)14-9-18-19(11-14)13-5-6-13/h9-11,13H,5-8H2,1-4H3. The normalized spacial score (nSPS) is 27.4. The molecule has 3 heterocycles. The van der Waals surface area contributed by atoms with Crippen LogP contribution in [-0.4, -0.2) is 42.3 Å². The van der Waals surface area contributed by atoms with Gasteiger partial charge in [-0.15, -0.1) is 0 Å². The van der Waals surface area contributed by atoms with Crippen molar-refractivity contribution in [3.63, 3.8) is 0 Å². The van der Waals surface area contributed by atoms with Crippen LogP contribution in [0.15, 0.2) is 24.1 Å². The summed E-state index contributed by atoms with van der Waals surface area (Å²) < 4.78 is 40.4. The number of hydrogen-bond acceptors (Lipinski definition) is 5. The van der Waals surface area contributed by atoms with Crippen LogP contribution >= 0.6 is 0 Å². The highest BCUT2D eigenvalue weighted by Gasteiger charge is 2.53. The van der Waals surface area contributed by atoms with E-state index in [1.165, 1.54) is 4.31 Å². The molecule has 4 rings (SSSR count). The predicted octanol–water partition coefficient (Wildman–Crippen LogP) is 2.27. The highest BCUT2D eigenvalue weighted by Crippen LogP contribution is 2.41. The Morgan fingerprint density at radius 3 is 2.44 bits per heavy atom. The first-order valence-electron chi connectivity index (χ1n) is 8.72. The lowest BCUT2D eigenvalue weighted by Crippen LogP contribution is -2.41. The van der Waals surface area contributed by atoms with Gasteiger partial charge >= 0.3 is 7.12 Å². The second kappa shape index (κ2) is 5.34. The third kappa shape index (κ3) is 2.92. The average Bonchev–Trinajstić information content (AvgIpc) is 3.18. The Bertz CT molecular complexity index is 810. The molecule has 25 heavy (non-hydrogen) atoms. The Balaban J connectivity index is 1.64. The summed E-state index contributed by atoms with van der Waals surface area (Å²) in [5.41, 5.74) is 0.515. The van der Waals surface area contributed by atoms with Gasteiger partial charge in [-0.1, -0.05) is 0 Å². The summed E-state index contributed by atoms with van der Waals surface area (Å²) in [6, 6.07) is 0.410. The molecule has 1 aliphatic carbocycles. The maximum Gasteiger partial charge on any atom is 0.492 e. The van der Waals surface area contributed by atoms with Crippen molar-refractivity contribution in [3.05, 3.63) is 24.1 Å². The van der Waals surface area contributed by atoms with Crippen molar-refractivity contribution in [2.45, 2.75) is 64.2 Å². The van der Waals surface area contributed by atoms with Crippen molar-refractivity contribution in [2.75, 3.05) is 10.1 Å². The molecule has 136 valence electrons. The smallest absolute Gasteiger partial charge is 0.400 e. The van der Waals surface area contributed by atoms with Crippen molar-refractivity contribution in [3.8, 4) is 0 Å². The van der Waals surface area contributed by atoms with Gasteiger partial charge in [0.1, 0.15) is 0 Å². The molecule has 0 unspecified atom stereocenters. The molecule has 0 amide bonds. The molecule has 0 N–H and O–H groups in total. The highest BCUT2D eigenvalue weighted by molar-refractivity contribution is 7.93. The molecule has 7 nitrogen and oxygen atoms in total. The first kappa shape index (κ1) is 17.1. The van der Waals surface area contributed by atoms with E-state index in [0.29, 0.717) is 18.2 Å². The van der Waals surface area contributed by atoms with E-state index in [0.717, 1.165) is 18.3 Å². The van der Waals surface area contributed by atoms with Crippen LogP contribution in [0.3, 0.4) is 0 Å². The van der Waals surface area contributed by atoms with Crippen LogP contribution in [-0.2, 0) is 19.3 Å². The number of aromatic nitrogens is 2. The Kier molecular flexibility index (Phi) is 3.66. The van der Waals surface area contributed by atoms with Gasteiger partial charge < -0.3 is 9.31 Å². The Labute approximate surface area is 149 Å². The summed E-state index contributed by atoms with van der Waals surface area (Å²) in [4.78, 5) is 0. The van der Waals surface area contributed by atoms with Crippen LogP contribution in [0.25, 0.3) is 0 Å². The topological polar surface area (TPSA) is 73.7 Å². The molecular weight excluding hydrogens is 341 g/mol. The van der Waals surface area contributed by atoms with Crippen molar-refractivity contribution in [2.24, 2.45) is 0 Å². The summed E-state index contributed by atoms with van der Waals surface area (Å²) in [5, 5.41) is 4.31. The fourth-order valence-corrected chi connectivity index (χ4v) is 4.43. The van der Waals surface area contributed by atoms with Gasteiger partial charge in [0, 0.05) is 12.4 Å². The van der Waals surface area contributed by atoms with Crippen molar-refractivity contribution in [1.29, 1.82) is 0 Å². The summed E-state index contributed by atoms with van der Waals surface area (Å²) in [6.45, 7) is 7.96. The minimum Gasteiger partial charge on any atom is -0.400 e. The third-order valence-electron chi connectivity index (χ3n) is 5.55. The molecule has 0 atom stereocenters. The lowest BCUT2D eigenvalue weighted by molar-refractivity contribution is 0.00578. The number of nitrogens with zero attached hydrogens (tertiary/aromatic N) is 3. The maximum atomic E-state index is 12.6. The van der Waals surface area contributed by atoms with Gasteiger partial charge in [0.2, 0.25) is 10.0 Å². The molecule has 1 saturated heterocycles. The van der Waals surface area contributed by atoms with Crippen LogP contribution in [0.4, 0.5) is 5.69 Å². The number of hydrogen-bond donors (Lipinski definition) is 0. The average molecular weight is 365 g/mol. The number of allylic oxidation sites excluding steroid dienone is 1. The second-order valence-electron chi connectivity index (χ2n) is 8.06. The van der Waals surface area contributed by atoms with Gasteiger partial charge in [0.05, 0.1) is 34.9 Å². The van der Waals surface area contributed by atoms with Gasteiger partial charge in [0.15, 0.2) is 0 Å². The molecule has 0 bridgehead atoms. The molecule has 0 spiro atoms. The van der Waals surface area contributed by atoms with Gasteiger partial charge in [0.25, 0.3) is 0 Å². The molecular formula is C16H24BN3O4S. The fourth-order valence-electron chi connectivity index (χ4n) is 3.03. The monoisotopic (exact) mass is 365 g/mol. The second-order valence-corrected chi connectivity index (χ2v) is 10.0. The van der Waals surface area contributed by atoms with Crippen LogP contribution in [0, 0.1) is 0 Å². The van der Waals surface area contributed by atoms with Gasteiger partial charge in [-0.2, -0.15) is 5.10 Å². The largest absolute Gasteiger partial charge is 0.492 e. The van der Waals surface area contributed by atoms with E-state index in [4.69, 9.17) is 9.31 Å². The lowest BCUT2D eigenvalue weighted by Gasteiger charge is -2.32. The van der Waals surface area contributed by atoms with Gasteiger partial charge in [-0.3, -0.25) is 4.68 Å². The van der Waals surface area contributed by atoms with E-state index in [-0.39, 0.29) is 5.75 Å². The lowest BCUT2D eigenvalue weighted by atomic mass is 9.77. The minimum absolute atomic E-state index is 0.0392. The maximum absolute atomic E-state index is 12.6. The molecule has 3 aliphatic rings. The van der Waals surface area contributed by atoms with Crippen molar-refractivity contribution in [1.82, 2.24) is 9.78 Å². The first-order valence-corrected chi connectivity index (χ1v) is 10.3. The third-order valence-corrected chi connectivity index (χ3v) is 7.19. The SMILES string of the molecule is CC1(C)OB(C2=CN(c3cnn(C4CC4)c3)S(=O)(=O)CC2)OC1(C)C. The Morgan fingerprint density at radius 2 is 1.84 bits per heavy atom. The van der Waals surface area contributed by atoms with Gasteiger partial charge in [-0.25, -0.2) is 12.7 Å². The quantitative estimate of drug-likeness (QED) is 0.769. The van der Waals surface area contributed by atoms with E-state index in [9.17, 15) is 8.42 Å². The van der Waals surface area contributed by atoms with Crippen LogP contribution in [0.5, 0.6) is 0 Å². The van der Waals surface area contributed by atoms with E-state index >= 15 is 0 Å². The van der Waals surface area contributed by atoms with E-state index in [2.05, 4.69) is 5.10 Å². The van der Waals surface area contributed by atoms with Crippen molar-refractivity contribution >= 4 is 22.8 Å². The van der Waals surface area contributed by atoms with Crippen molar-refractivity contribution < 1.29 is 17.7 Å².